The highest BCUT2D eigenvalue weighted by Gasteiger charge is 2.13. The van der Waals surface area contributed by atoms with E-state index in [1.54, 1.807) is 13.0 Å². The van der Waals surface area contributed by atoms with Crippen molar-refractivity contribution >= 4 is 5.97 Å². The first kappa shape index (κ1) is 14.3. The van der Waals surface area contributed by atoms with Gasteiger partial charge in [0.1, 0.15) is 5.76 Å². The second-order valence-corrected chi connectivity index (χ2v) is 5.01. The SMILES string of the molecule is Cc1cccc([C@H](C)NCc2cc(C(=O)O)oc2C)c1. The van der Waals surface area contributed by atoms with Crippen molar-refractivity contribution in [3.8, 4) is 0 Å². The fourth-order valence-corrected chi connectivity index (χ4v) is 2.12. The number of aryl methyl sites for hydroxylation is 2. The summed E-state index contributed by atoms with van der Waals surface area (Å²) < 4.78 is 5.19. The molecule has 0 radical (unpaired) electrons. The summed E-state index contributed by atoms with van der Waals surface area (Å²) in [6.07, 6.45) is 0. The van der Waals surface area contributed by atoms with Crippen LogP contribution >= 0.6 is 0 Å². The van der Waals surface area contributed by atoms with Crippen molar-refractivity contribution in [2.75, 3.05) is 0 Å². The first-order chi connectivity index (χ1) is 9.47. The lowest BCUT2D eigenvalue weighted by molar-refractivity contribution is 0.0661. The van der Waals surface area contributed by atoms with E-state index in [-0.39, 0.29) is 11.8 Å². The second kappa shape index (κ2) is 5.92. The third-order valence-corrected chi connectivity index (χ3v) is 3.37. The van der Waals surface area contributed by atoms with Crippen LogP contribution in [0.4, 0.5) is 0 Å². The number of benzene rings is 1. The maximum Gasteiger partial charge on any atom is 0.371 e. The average molecular weight is 273 g/mol. The van der Waals surface area contributed by atoms with E-state index in [1.807, 2.05) is 6.07 Å². The Morgan fingerprint density at radius 3 is 2.70 bits per heavy atom. The monoisotopic (exact) mass is 273 g/mol. The maximum absolute atomic E-state index is 10.8. The van der Waals surface area contributed by atoms with Crippen LogP contribution in [0.15, 0.2) is 34.7 Å². The van der Waals surface area contributed by atoms with Crippen LogP contribution in [0.2, 0.25) is 0 Å². The van der Waals surface area contributed by atoms with Gasteiger partial charge in [-0.25, -0.2) is 4.79 Å². The predicted molar refractivity (Wildman–Crippen MR) is 76.8 cm³/mol. The number of furan rings is 1. The van der Waals surface area contributed by atoms with Gasteiger partial charge in [-0.05, 0) is 32.4 Å². The topological polar surface area (TPSA) is 62.5 Å². The lowest BCUT2D eigenvalue weighted by Gasteiger charge is -2.14. The van der Waals surface area contributed by atoms with Crippen LogP contribution in [-0.2, 0) is 6.54 Å². The van der Waals surface area contributed by atoms with Crippen molar-refractivity contribution in [1.29, 1.82) is 0 Å². The van der Waals surface area contributed by atoms with Crippen LogP contribution in [0, 0.1) is 13.8 Å². The van der Waals surface area contributed by atoms with Crippen molar-refractivity contribution in [2.24, 2.45) is 0 Å². The van der Waals surface area contributed by atoms with E-state index >= 15 is 0 Å². The Morgan fingerprint density at radius 1 is 1.35 bits per heavy atom. The number of hydrogen-bond acceptors (Lipinski definition) is 3. The van der Waals surface area contributed by atoms with Crippen molar-refractivity contribution in [2.45, 2.75) is 33.4 Å². The van der Waals surface area contributed by atoms with Gasteiger partial charge in [0.2, 0.25) is 5.76 Å². The molecule has 0 saturated carbocycles. The molecule has 106 valence electrons. The summed E-state index contributed by atoms with van der Waals surface area (Å²) >= 11 is 0. The Labute approximate surface area is 118 Å². The Kier molecular flexibility index (Phi) is 4.25. The van der Waals surface area contributed by atoms with Gasteiger partial charge in [0.05, 0.1) is 0 Å². The molecule has 1 atom stereocenters. The predicted octanol–water partition coefficient (Wildman–Crippen LogP) is 3.45. The Balaban J connectivity index is 2.03. The highest BCUT2D eigenvalue weighted by molar-refractivity contribution is 5.84. The van der Waals surface area contributed by atoms with Gasteiger partial charge in [0, 0.05) is 18.2 Å². The molecule has 1 heterocycles. The summed E-state index contributed by atoms with van der Waals surface area (Å²) in [5.74, 6) is -0.403. The van der Waals surface area contributed by atoms with Crippen molar-refractivity contribution in [3.63, 3.8) is 0 Å². The van der Waals surface area contributed by atoms with E-state index in [0.29, 0.717) is 12.3 Å². The molecule has 4 heteroatoms. The van der Waals surface area contributed by atoms with E-state index < -0.39 is 5.97 Å². The first-order valence-electron chi connectivity index (χ1n) is 6.60. The molecule has 0 spiro atoms. The zero-order valence-electron chi connectivity index (χ0n) is 11.9. The standard InChI is InChI=1S/C16H19NO3/c1-10-5-4-6-13(7-10)11(2)17-9-14-8-15(16(18)19)20-12(14)3/h4-8,11,17H,9H2,1-3H3,(H,18,19)/t11-/m0/s1. The summed E-state index contributed by atoms with van der Waals surface area (Å²) in [5.41, 5.74) is 3.32. The van der Waals surface area contributed by atoms with Gasteiger partial charge in [0.15, 0.2) is 0 Å². The van der Waals surface area contributed by atoms with Crippen LogP contribution in [0.3, 0.4) is 0 Å². The van der Waals surface area contributed by atoms with E-state index in [2.05, 4.69) is 37.4 Å². The second-order valence-electron chi connectivity index (χ2n) is 5.01. The smallest absolute Gasteiger partial charge is 0.371 e. The highest BCUT2D eigenvalue weighted by atomic mass is 16.4. The minimum absolute atomic E-state index is 0.0116. The van der Waals surface area contributed by atoms with Gasteiger partial charge in [-0.1, -0.05) is 29.8 Å². The molecule has 0 aliphatic rings. The molecule has 1 aromatic carbocycles. The number of carboxylic acids is 1. The van der Waals surface area contributed by atoms with Crippen LogP contribution in [-0.4, -0.2) is 11.1 Å². The summed E-state index contributed by atoms with van der Waals surface area (Å²) in [5, 5.41) is 12.3. The summed E-state index contributed by atoms with van der Waals surface area (Å²) in [6, 6.07) is 10.1. The van der Waals surface area contributed by atoms with Gasteiger partial charge in [0.25, 0.3) is 0 Å². The zero-order chi connectivity index (χ0) is 14.7. The molecule has 0 fully saturated rings. The number of carbonyl (C=O) groups is 1. The van der Waals surface area contributed by atoms with Crippen LogP contribution in [0.5, 0.6) is 0 Å². The number of carboxylic acid groups (broad SMARTS) is 1. The number of hydrogen-bond donors (Lipinski definition) is 2. The summed E-state index contributed by atoms with van der Waals surface area (Å²) in [7, 11) is 0. The minimum Gasteiger partial charge on any atom is -0.475 e. The van der Waals surface area contributed by atoms with Crippen molar-refractivity contribution in [1.82, 2.24) is 5.32 Å². The molecule has 0 amide bonds. The zero-order valence-corrected chi connectivity index (χ0v) is 11.9. The Morgan fingerprint density at radius 2 is 2.10 bits per heavy atom. The van der Waals surface area contributed by atoms with Crippen LogP contribution < -0.4 is 5.32 Å². The van der Waals surface area contributed by atoms with Crippen LogP contribution in [0.1, 0.15) is 46.0 Å². The maximum atomic E-state index is 10.8. The van der Waals surface area contributed by atoms with Gasteiger partial charge in [-0.3, -0.25) is 0 Å². The first-order valence-corrected chi connectivity index (χ1v) is 6.60. The van der Waals surface area contributed by atoms with Gasteiger partial charge in [-0.15, -0.1) is 0 Å². The van der Waals surface area contributed by atoms with Crippen molar-refractivity contribution < 1.29 is 14.3 Å². The minimum atomic E-state index is -1.04. The van der Waals surface area contributed by atoms with Gasteiger partial charge >= 0.3 is 5.97 Å². The lowest BCUT2D eigenvalue weighted by atomic mass is 10.1. The molecule has 1 aromatic heterocycles. The van der Waals surface area contributed by atoms with Crippen LogP contribution in [0.25, 0.3) is 0 Å². The third kappa shape index (κ3) is 3.27. The quantitative estimate of drug-likeness (QED) is 0.876. The third-order valence-electron chi connectivity index (χ3n) is 3.37. The molecule has 2 rings (SSSR count). The largest absolute Gasteiger partial charge is 0.475 e. The molecule has 0 saturated heterocycles. The van der Waals surface area contributed by atoms with Crippen molar-refractivity contribution in [3.05, 3.63) is 58.5 Å². The molecule has 4 nitrogen and oxygen atoms in total. The molecular weight excluding hydrogens is 254 g/mol. The van der Waals surface area contributed by atoms with Gasteiger partial charge < -0.3 is 14.8 Å². The lowest BCUT2D eigenvalue weighted by Crippen LogP contribution is -2.18. The summed E-state index contributed by atoms with van der Waals surface area (Å²) in [6.45, 7) is 6.51. The van der Waals surface area contributed by atoms with E-state index in [1.165, 1.54) is 11.1 Å². The van der Waals surface area contributed by atoms with E-state index in [0.717, 1.165) is 5.56 Å². The summed E-state index contributed by atoms with van der Waals surface area (Å²) in [4.78, 5) is 10.8. The molecule has 0 aliphatic heterocycles. The highest BCUT2D eigenvalue weighted by Crippen LogP contribution is 2.18. The molecule has 0 unspecified atom stereocenters. The fraction of sp³-hybridized carbons (Fsp3) is 0.312. The number of rotatable bonds is 5. The number of aromatic carboxylic acids is 1. The Hall–Kier alpha value is -2.07. The van der Waals surface area contributed by atoms with Gasteiger partial charge in [-0.2, -0.15) is 0 Å². The number of nitrogens with one attached hydrogen (secondary N) is 1. The van der Waals surface area contributed by atoms with E-state index in [9.17, 15) is 4.79 Å². The fourth-order valence-electron chi connectivity index (χ4n) is 2.12. The molecular formula is C16H19NO3. The molecule has 2 N–H and O–H groups in total. The molecule has 0 aliphatic carbocycles. The van der Waals surface area contributed by atoms with E-state index in [4.69, 9.17) is 9.52 Å². The molecule has 0 bridgehead atoms. The normalized spacial score (nSPS) is 12.3. The molecule has 20 heavy (non-hydrogen) atoms. The average Bonchev–Trinajstić information content (AvgIpc) is 2.77. The Bertz CT molecular complexity index is 616. The molecule has 2 aromatic rings.